The summed E-state index contributed by atoms with van der Waals surface area (Å²) in [5.41, 5.74) is 12.7. The van der Waals surface area contributed by atoms with Crippen molar-refractivity contribution in [2.24, 2.45) is 5.92 Å². The quantitative estimate of drug-likeness (QED) is 0.120. The molecule has 0 aliphatic carbocycles. The Balaban J connectivity index is 0.000000244. The van der Waals surface area contributed by atoms with Crippen molar-refractivity contribution in [3.05, 3.63) is 131 Å². The van der Waals surface area contributed by atoms with Gasteiger partial charge in [0.05, 0.1) is 0 Å². The first-order valence-corrected chi connectivity index (χ1v) is 26.9. The van der Waals surface area contributed by atoms with E-state index < -0.39 is 20.8 Å². The summed E-state index contributed by atoms with van der Waals surface area (Å²) < 4.78 is 0. The van der Waals surface area contributed by atoms with Crippen LogP contribution >= 0.6 is 17.0 Å². The van der Waals surface area contributed by atoms with Gasteiger partial charge in [-0.15, -0.1) is 68.6 Å². The maximum absolute atomic E-state index is 4.93. The van der Waals surface area contributed by atoms with Gasteiger partial charge in [0, 0.05) is 9.52 Å². The van der Waals surface area contributed by atoms with Gasteiger partial charge in [0.2, 0.25) is 0 Å². The third-order valence-electron chi connectivity index (χ3n) is 9.37. The summed E-state index contributed by atoms with van der Waals surface area (Å²) in [5, 5.41) is 5.52. The second-order valence-corrected chi connectivity index (χ2v) is 21.4. The van der Waals surface area contributed by atoms with Crippen LogP contribution in [0.4, 0.5) is 0 Å². The van der Waals surface area contributed by atoms with Gasteiger partial charge < -0.3 is 0 Å². The fourth-order valence-electron chi connectivity index (χ4n) is 6.49. The van der Waals surface area contributed by atoms with Crippen LogP contribution in [0.2, 0.25) is 13.1 Å². The van der Waals surface area contributed by atoms with Crippen molar-refractivity contribution >= 4 is 48.1 Å². The molecule has 2 radical (unpaired) electrons. The summed E-state index contributed by atoms with van der Waals surface area (Å²) in [5.74, 6) is 1.26. The van der Waals surface area contributed by atoms with E-state index >= 15 is 0 Å². The molecule has 0 fully saturated rings. The van der Waals surface area contributed by atoms with E-state index in [0.29, 0.717) is 11.8 Å². The number of benzene rings is 4. The van der Waals surface area contributed by atoms with E-state index in [2.05, 4.69) is 192 Å². The molecule has 0 nitrogen and oxygen atoms in total. The molecule has 0 bridgehead atoms. The second-order valence-electron chi connectivity index (χ2n) is 16.7. The van der Waals surface area contributed by atoms with Crippen molar-refractivity contribution in [3.8, 4) is 22.3 Å². The number of fused-ring (bicyclic) bond motifs is 2. The molecule has 0 saturated heterocycles. The second kappa shape index (κ2) is 19.9. The predicted molar refractivity (Wildman–Crippen MR) is 234 cm³/mol. The molecule has 0 aliphatic heterocycles. The van der Waals surface area contributed by atoms with Crippen LogP contribution in [0.15, 0.2) is 103 Å². The van der Waals surface area contributed by atoms with E-state index in [1.54, 1.807) is 0 Å². The normalized spacial score (nSPS) is 11.4. The summed E-state index contributed by atoms with van der Waals surface area (Å²) >= 11 is -0.826. The fraction of sp³-hybridized carbons (Fsp3) is 0.375. The average Bonchev–Trinajstić information content (AvgIpc) is 3.71. The molecule has 0 amide bonds. The molecule has 274 valence electrons. The van der Waals surface area contributed by atoms with Crippen LogP contribution < -0.4 is 0 Å². The third kappa shape index (κ3) is 12.1. The van der Waals surface area contributed by atoms with Crippen LogP contribution in [0.3, 0.4) is 0 Å². The number of hydrogen-bond donors (Lipinski definition) is 0. The number of aryl methyl sites for hydroxylation is 1. The van der Waals surface area contributed by atoms with Crippen molar-refractivity contribution in [1.82, 2.24) is 0 Å². The first-order chi connectivity index (χ1) is 24.4. The topological polar surface area (TPSA) is 0 Å². The van der Waals surface area contributed by atoms with Crippen molar-refractivity contribution in [1.29, 1.82) is 0 Å². The predicted octanol–water partition coefficient (Wildman–Crippen LogP) is 15.8. The Bertz CT molecular complexity index is 1960. The molecule has 52 heavy (non-hydrogen) atoms. The van der Waals surface area contributed by atoms with Gasteiger partial charge in [-0.05, 0) is 51.3 Å². The van der Waals surface area contributed by atoms with Crippen LogP contribution in [0.25, 0.3) is 43.8 Å². The van der Waals surface area contributed by atoms with Crippen LogP contribution in [-0.4, -0.2) is 9.52 Å². The van der Waals surface area contributed by atoms with E-state index in [-0.39, 0.29) is 10.8 Å². The SMILES string of the molecule is CC(C)c1cc2c(-c3ccc(C(C)(C)C)cc3)cccc2[cH-]1.C[Si]C.Cc1ccc(-c2ccc(C(C)(C)C)cc2)c2cc(CC(C)C)[cH-]c12.[Cl][Zr+2][Cl]. The Kier molecular flexibility index (Phi) is 16.9. The minimum atomic E-state index is -0.826. The van der Waals surface area contributed by atoms with Crippen LogP contribution in [0, 0.1) is 12.8 Å². The summed E-state index contributed by atoms with van der Waals surface area (Å²) in [4.78, 5) is 0. The molecule has 6 aromatic carbocycles. The Morgan fingerprint density at radius 1 is 0.654 bits per heavy atom. The monoisotopic (exact) mass is 824 g/mol. The molecule has 6 rings (SSSR count). The molecule has 6 aromatic rings. The molecular weight excluding hydrogens is 767 g/mol. The summed E-state index contributed by atoms with van der Waals surface area (Å²) in [6.07, 6.45) is 1.15. The third-order valence-corrected chi connectivity index (χ3v) is 9.37. The standard InChI is InChI=1S/C24H29.C22H25.C2H6Si.2ClH.Zr/c1-16(2)13-18-14-22-17(3)7-12-21(23(22)15-18)19-8-10-20(11-9-19)24(4,5)6;1-15(2)18-13-17-7-6-8-20(21(17)14-18)16-9-11-19(12-10-16)22(3,4)5;1-3-2;;;/h7-12,14-16H,13H2,1-6H3;6-15H,1-5H3;1-2H3;2*1H;/q2*-1;;;;+4/p-2. The van der Waals surface area contributed by atoms with E-state index in [4.69, 9.17) is 17.0 Å². The molecular formula is C48H60Cl2SiZr. The molecule has 0 aromatic heterocycles. The van der Waals surface area contributed by atoms with Gasteiger partial charge in [0.1, 0.15) is 0 Å². The number of rotatable bonds is 5. The molecule has 0 heterocycles. The van der Waals surface area contributed by atoms with Gasteiger partial charge in [0.15, 0.2) is 0 Å². The van der Waals surface area contributed by atoms with E-state index in [9.17, 15) is 0 Å². The van der Waals surface area contributed by atoms with E-state index in [0.717, 1.165) is 15.9 Å². The number of halogens is 2. The Morgan fingerprint density at radius 2 is 1.13 bits per heavy atom. The zero-order valence-electron chi connectivity index (χ0n) is 33.9. The fourth-order valence-corrected chi connectivity index (χ4v) is 6.49. The van der Waals surface area contributed by atoms with Gasteiger partial charge >= 0.3 is 37.9 Å². The van der Waals surface area contributed by atoms with Crippen molar-refractivity contribution in [3.63, 3.8) is 0 Å². The molecule has 0 saturated carbocycles. The summed E-state index contributed by atoms with van der Waals surface area (Å²) in [7, 11) is 11.0. The van der Waals surface area contributed by atoms with Crippen molar-refractivity contribution in [2.45, 2.75) is 112 Å². The molecule has 0 N–H and O–H groups in total. The van der Waals surface area contributed by atoms with Crippen molar-refractivity contribution in [2.75, 3.05) is 0 Å². The van der Waals surface area contributed by atoms with Gasteiger partial charge in [0.25, 0.3) is 0 Å². The van der Waals surface area contributed by atoms with Crippen LogP contribution in [0.5, 0.6) is 0 Å². The first-order valence-electron chi connectivity index (χ1n) is 18.6. The van der Waals surface area contributed by atoms with E-state index in [1.165, 1.54) is 71.6 Å². The Hall–Kier alpha value is -2.22. The minimum absolute atomic E-state index is 0.200. The van der Waals surface area contributed by atoms with Gasteiger partial charge in [-0.2, -0.15) is 12.1 Å². The number of hydrogen-bond acceptors (Lipinski definition) is 0. The molecule has 0 atom stereocenters. The Morgan fingerprint density at radius 3 is 1.58 bits per heavy atom. The van der Waals surface area contributed by atoms with Gasteiger partial charge in [-0.25, -0.2) is 0 Å². The van der Waals surface area contributed by atoms with Crippen molar-refractivity contribution < 1.29 is 20.8 Å². The zero-order valence-corrected chi connectivity index (χ0v) is 38.9. The Labute approximate surface area is 338 Å². The maximum atomic E-state index is 4.93. The summed E-state index contributed by atoms with van der Waals surface area (Å²) in [6.45, 7) is 29.2. The van der Waals surface area contributed by atoms with Crippen LogP contribution in [-0.2, 0) is 38.1 Å². The van der Waals surface area contributed by atoms with Gasteiger partial charge in [-0.3, -0.25) is 0 Å². The molecule has 4 heteroatoms. The first kappa shape index (κ1) is 44.2. The van der Waals surface area contributed by atoms with E-state index in [1.807, 2.05) is 0 Å². The average molecular weight is 827 g/mol. The molecule has 0 spiro atoms. The van der Waals surface area contributed by atoms with Crippen LogP contribution in [0.1, 0.15) is 103 Å². The van der Waals surface area contributed by atoms with Gasteiger partial charge in [-0.1, -0.05) is 161 Å². The zero-order chi connectivity index (χ0) is 38.8. The summed E-state index contributed by atoms with van der Waals surface area (Å²) in [6, 6.07) is 38.8. The molecule has 0 unspecified atom stereocenters. The molecule has 0 aliphatic rings.